The maximum absolute atomic E-state index is 5.96. The number of nitrogens with zero attached hydrogens (tertiary/aromatic N) is 2. The van der Waals surface area contributed by atoms with Gasteiger partial charge in [0.1, 0.15) is 0 Å². The van der Waals surface area contributed by atoms with Gasteiger partial charge >= 0.3 is 0 Å². The average Bonchev–Trinajstić information content (AvgIpc) is 2.41. The minimum Gasteiger partial charge on any atom is -0.370 e. The van der Waals surface area contributed by atoms with Crippen LogP contribution in [0.1, 0.15) is 46.5 Å². The van der Waals surface area contributed by atoms with Gasteiger partial charge in [-0.2, -0.15) is 0 Å². The third-order valence-corrected chi connectivity index (χ3v) is 4.00. The first kappa shape index (κ1) is 10.8. The molecule has 1 heterocycles. The summed E-state index contributed by atoms with van der Waals surface area (Å²) in [5.74, 6) is 0.759. The molecular formula is C12H23N3. The summed E-state index contributed by atoms with van der Waals surface area (Å²) in [5.41, 5.74) is 6.66. The van der Waals surface area contributed by atoms with Crippen molar-refractivity contribution in [1.29, 1.82) is 0 Å². The molecule has 0 aromatic heterocycles. The zero-order chi connectivity index (χ0) is 11.1. The van der Waals surface area contributed by atoms with Crippen LogP contribution >= 0.6 is 0 Å². The van der Waals surface area contributed by atoms with Crippen molar-refractivity contribution < 1.29 is 0 Å². The molecule has 86 valence electrons. The molecule has 0 bridgehead atoms. The summed E-state index contributed by atoms with van der Waals surface area (Å²) in [6.07, 6.45) is 5.14. The molecule has 0 aromatic carbocycles. The van der Waals surface area contributed by atoms with E-state index in [2.05, 4.69) is 30.7 Å². The summed E-state index contributed by atoms with van der Waals surface area (Å²) < 4.78 is 0. The Balaban J connectivity index is 2.20. The van der Waals surface area contributed by atoms with E-state index in [9.17, 15) is 0 Å². The smallest absolute Gasteiger partial charge is 0.191 e. The molecule has 0 radical (unpaired) electrons. The van der Waals surface area contributed by atoms with Gasteiger partial charge in [-0.05, 0) is 31.6 Å². The first-order chi connectivity index (χ1) is 6.99. The third-order valence-electron chi connectivity index (χ3n) is 4.00. The second-order valence-electron chi connectivity index (χ2n) is 5.84. The van der Waals surface area contributed by atoms with Gasteiger partial charge in [-0.15, -0.1) is 0 Å². The highest BCUT2D eigenvalue weighted by Gasteiger charge is 2.46. The van der Waals surface area contributed by atoms with Gasteiger partial charge in [0.25, 0.3) is 0 Å². The molecule has 1 atom stereocenters. The Hall–Kier alpha value is -0.730. The highest BCUT2D eigenvalue weighted by Crippen LogP contribution is 2.45. The van der Waals surface area contributed by atoms with Crippen LogP contribution in [0.3, 0.4) is 0 Å². The van der Waals surface area contributed by atoms with Crippen molar-refractivity contribution in [2.45, 2.75) is 52.0 Å². The topological polar surface area (TPSA) is 41.6 Å². The van der Waals surface area contributed by atoms with Crippen LogP contribution in [0.4, 0.5) is 0 Å². The monoisotopic (exact) mass is 209 g/mol. The normalized spacial score (nSPS) is 34.6. The molecule has 2 N–H and O–H groups in total. The van der Waals surface area contributed by atoms with E-state index in [-0.39, 0.29) is 5.54 Å². The molecule has 1 aliphatic heterocycles. The number of hydrogen-bond donors (Lipinski definition) is 1. The van der Waals surface area contributed by atoms with Crippen molar-refractivity contribution in [2.75, 3.05) is 13.1 Å². The molecule has 3 heteroatoms. The van der Waals surface area contributed by atoms with Crippen molar-refractivity contribution in [3.8, 4) is 0 Å². The summed E-state index contributed by atoms with van der Waals surface area (Å²) in [6, 6.07) is 0. The third kappa shape index (κ3) is 1.72. The van der Waals surface area contributed by atoms with Crippen LogP contribution in [0.2, 0.25) is 0 Å². The number of nitrogens with two attached hydrogens (primary N) is 1. The maximum Gasteiger partial charge on any atom is 0.191 e. The molecule has 1 spiro atoms. The Morgan fingerprint density at radius 1 is 1.40 bits per heavy atom. The van der Waals surface area contributed by atoms with Gasteiger partial charge < -0.3 is 10.6 Å². The second kappa shape index (κ2) is 3.39. The fourth-order valence-corrected chi connectivity index (χ4v) is 3.47. The van der Waals surface area contributed by atoms with Crippen LogP contribution in [-0.2, 0) is 0 Å². The molecule has 0 saturated heterocycles. The molecular weight excluding hydrogens is 186 g/mol. The summed E-state index contributed by atoms with van der Waals surface area (Å²) >= 11 is 0. The highest BCUT2D eigenvalue weighted by molar-refractivity contribution is 5.81. The molecule has 3 nitrogen and oxygen atoms in total. The highest BCUT2D eigenvalue weighted by atomic mass is 15.4. The first-order valence-corrected chi connectivity index (χ1v) is 6.07. The number of rotatable bonds is 1. The standard InChI is InChI=1S/C12H23N3/c1-4-15-10(13)14-9-12(15)7-5-6-11(2,3)8-12/h4-9H2,1-3H3,(H2,13,14). The summed E-state index contributed by atoms with van der Waals surface area (Å²) in [6.45, 7) is 8.82. The van der Waals surface area contributed by atoms with E-state index in [1.54, 1.807) is 0 Å². The quantitative estimate of drug-likeness (QED) is 0.717. The molecule has 15 heavy (non-hydrogen) atoms. The van der Waals surface area contributed by atoms with Crippen molar-refractivity contribution >= 4 is 5.96 Å². The lowest BCUT2D eigenvalue weighted by molar-refractivity contribution is 0.0706. The molecule has 1 fully saturated rings. The van der Waals surface area contributed by atoms with E-state index in [0.29, 0.717) is 5.41 Å². The van der Waals surface area contributed by atoms with Gasteiger partial charge in [0.05, 0.1) is 12.1 Å². The van der Waals surface area contributed by atoms with E-state index < -0.39 is 0 Å². The molecule has 1 saturated carbocycles. The van der Waals surface area contributed by atoms with Crippen LogP contribution in [0.25, 0.3) is 0 Å². The molecule has 0 amide bonds. The number of guanidine groups is 1. The van der Waals surface area contributed by atoms with E-state index in [0.717, 1.165) is 19.0 Å². The lowest BCUT2D eigenvalue weighted by Crippen LogP contribution is -2.55. The van der Waals surface area contributed by atoms with Crippen molar-refractivity contribution in [2.24, 2.45) is 16.1 Å². The summed E-state index contributed by atoms with van der Waals surface area (Å²) in [4.78, 5) is 6.78. The Morgan fingerprint density at radius 3 is 2.73 bits per heavy atom. The van der Waals surface area contributed by atoms with Crippen LogP contribution in [0.15, 0.2) is 4.99 Å². The molecule has 2 aliphatic rings. The Kier molecular flexibility index (Phi) is 2.44. The summed E-state index contributed by atoms with van der Waals surface area (Å²) in [7, 11) is 0. The minimum absolute atomic E-state index is 0.251. The SMILES string of the molecule is CCN1C(N)=NCC12CCCC(C)(C)C2. The maximum atomic E-state index is 5.96. The second-order valence-corrected chi connectivity index (χ2v) is 5.84. The largest absolute Gasteiger partial charge is 0.370 e. The fourth-order valence-electron chi connectivity index (χ4n) is 3.47. The van der Waals surface area contributed by atoms with Gasteiger partial charge in [-0.1, -0.05) is 20.3 Å². The number of likely N-dealkylation sites (N-methyl/N-ethyl adjacent to an activating group) is 1. The predicted octanol–water partition coefficient (Wildman–Crippen LogP) is 1.98. The molecule has 1 aliphatic carbocycles. The summed E-state index contributed by atoms with van der Waals surface area (Å²) in [5, 5.41) is 0. The van der Waals surface area contributed by atoms with Gasteiger partial charge in [-0.25, -0.2) is 0 Å². The minimum atomic E-state index is 0.251. The van der Waals surface area contributed by atoms with Crippen molar-refractivity contribution in [3.63, 3.8) is 0 Å². The van der Waals surface area contributed by atoms with Crippen LogP contribution < -0.4 is 5.73 Å². The fraction of sp³-hybridized carbons (Fsp3) is 0.917. The lowest BCUT2D eigenvalue weighted by atomic mass is 9.67. The molecule has 0 aromatic rings. The van der Waals surface area contributed by atoms with E-state index in [1.807, 2.05) is 0 Å². The Morgan fingerprint density at radius 2 is 2.13 bits per heavy atom. The predicted molar refractivity (Wildman–Crippen MR) is 63.8 cm³/mol. The van der Waals surface area contributed by atoms with Gasteiger partial charge in [0.15, 0.2) is 5.96 Å². The van der Waals surface area contributed by atoms with Gasteiger partial charge in [-0.3, -0.25) is 4.99 Å². The molecule has 2 rings (SSSR count). The van der Waals surface area contributed by atoms with Crippen LogP contribution in [0, 0.1) is 5.41 Å². The van der Waals surface area contributed by atoms with E-state index in [4.69, 9.17) is 5.73 Å². The Labute approximate surface area is 92.7 Å². The number of hydrogen-bond acceptors (Lipinski definition) is 3. The van der Waals surface area contributed by atoms with Crippen molar-refractivity contribution in [3.05, 3.63) is 0 Å². The zero-order valence-corrected chi connectivity index (χ0v) is 10.2. The Bertz CT molecular complexity index is 283. The number of aliphatic imine (C=N–C) groups is 1. The lowest BCUT2D eigenvalue weighted by Gasteiger charge is -2.47. The van der Waals surface area contributed by atoms with E-state index >= 15 is 0 Å². The average molecular weight is 209 g/mol. The first-order valence-electron chi connectivity index (χ1n) is 6.07. The van der Waals surface area contributed by atoms with Crippen LogP contribution in [0.5, 0.6) is 0 Å². The van der Waals surface area contributed by atoms with Gasteiger partial charge in [0, 0.05) is 6.54 Å². The molecule has 1 unspecified atom stereocenters. The van der Waals surface area contributed by atoms with Gasteiger partial charge in [0.2, 0.25) is 0 Å². The van der Waals surface area contributed by atoms with Crippen molar-refractivity contribution in [1.82, 2.24) is 4.90 Å². The van der Waals surface area contributed by atoms with E-state index in [1.165, 1.54) is 25.7 Å². The van der Waals surface area contributed by atoms with Crippen LogP contribution in [-0.4, -0.2) is 29.5 Å². The zero-order valence-electron chi connectivity index (χ0n) is 10.2.